The van der Waals surface area contributed by atoms with Gasteiger partial charge in [-0.05, 0) is 93.3 Å². The Bertz CT molecular complexity index is 918. The predicted molar refractivity (Wildman–Crippen MR) is 121 cm³/mol. The van der Waals surface area contributed by atoms with Crippen LogP contribution in [0.15, 0.2) is 53.3 Å². The molecule has 0 spiro atoms. The van der Waals surface area contributed by atoms with Crippen LogP contribution in [0.25, 0.3) is 12.2 Å². The maximum absolute atomic E-state index is 6.19. The van der Waals surface area contributed by atoms with Gasteiger partial charge in [0.25, 0.3) is 0 Å². The highest BCUT2D eigenvalue weighted by Crippen LogP contribution is 2.41. The maximum atomic E-state index is 6.19. The third-order valence-corrected chi connectivity index (χ3v) is 6.37. The third-order valence-electron chi connectivity index (χ3n) is 4.28. The largest absolute Gasteiger partial charge is 0.459 e. The van der Waals surface area contributed by atoms with E-state index in [0.29, 0.717) is 0 Å². The van der Waals surface area contributed by atoms with Gasteiger partial charge in [-0.25, -0.2) is 0 Å². The summed E-state index contributed by atoms with van der Waals surface area (Å²) in [5.74, 6) is 1.52. The van der Waals surface area contributed by atoms with Crippen molar-refractivity contribution in [3.63, 3.8) is 0 Å². The molecule has 2 aromatic carbocycles. The molecule has 0 aromatic heterocycles. The standard InChI is InChI=1S/C20H14Br4O3/c1-9-3-11-5-13(21)7-15(23)17(11)25-19(9)27-20-10(2)4-12-6-14(22)8-16(24)18(12)26-20/h3-8,19-20H,1-2H3. The molecule has 2 unspecified atom stereocenters. The number of hydrogen-bond acceptors (Lipinski definition) is 3. The Morgan fingerprint density at radius 1 is 0.704 bits per heavy atom. The van der Waals surface area contributed by atoms with Gasteiger partial charge in [0.15, 0.2) is 0 Å². The van der Waals surface area contributed by atoms with Gasteiger partial charge in [-0.15, -0.1) is 0 Å². The van der Waals surface area contributed by atoms with Gasteiger partial charge < -0.3 is 9.47 Å². The number of hydrogen-bond donors (Lipinski definition) is 0. The quantitative estimate of drug-likeness (QED) is 0.344. The number of benzene rings is 2. The Morgan fingerprint density at radius 3 is 1.52 bits per heavy atom. The van der Waals surface area contributed by atoms with E-state index in [1.165, 1.54) is 0 Å². The second kappa shape index (κ2) is 7.67. The first-order valence-electron chi connectivity index (χ1n) is 8.15. The molecule has 2 heterocycles. The first kappa shape index (κ1) is 19.7. The van der Waals surface area contributed by atoms with Crippen molar-refractivity contribution in [2.24, 2.45) is 0 Å². The first-order valence-corrected chi connectivity index (χ1v) is 11.3. The summed E-state index contributed by atoms with van der Waals surface area (Å²) in [5.41, 5.74) is 3.96. The Labute approximate surface area is 191 Å². The van der Waals surface area contributed by atoms with Crippen LogP contribution in [0, 0.1) is 0 Å². The average molecular weight is 622 g/mol. The van der Waals surface area contributed by atoms with E-state index in [9.17, 15) is 0 Å². The molecule has 0 amide bonds. The van der Waals surface area contributed by atoms with E-state index in [1.54, 1.807) is 0 Å². The van der Waals surface area contributed by atoms with Crippen molar-refractivity contribution >= 4 is 75.9 Å². The van der Waals surface area contributed by atoms with Crippen molar-refractivity contribution in [1.29, 1.82) is 0 Å². The number of halogens is 4. The molecule has 4 rings (SSSR count). The highest BCUT2D eigenvalue weighted by molar-refractivity contribution is 9.11. The Hall–Kier alpha value is -0.600. The van der Waals surface area contributed by atoms with Crippen molar-refractivity contribution in [3.8, 4) is 11.5 Å². The van der Waals surface area contributed by atoms with Gasteiger partial charge in [0, 0.05) is 20.1 Å². The van der Waals surface area contributed by atoms with E-state index in [2.05, 4.69) is 75.9 Å². The normalized spacial score (nSPS) is 20.7. The fourth-order valence-electron chi connectivity index (χ4n) is 3.03. The van der Waals surface area contributed by atoms with Crippen LogP contribution in [0.4, 0.5) is 0 Å². The minimum Gasteiger partial charge on any atom is -0.459 e. The summed E-state index contributed by atoms with van der Waals surface area (Å²) in [7, 11) is 0. The zero-order valence-corrected chi connectivity index (χ0v) is 20.7. The number of ether oxygens (including phenoxy) is 3. The number of fused-ring (bicyclic) bond motifs is 2. The summed E-state index contributed by atoms with van der Waals surface area (Å²) >= 11 is 14.1. The highest BCUT2D eigenvalue weighted by atomic mass is 79.9. The van der Waals surface area contributed by atoms with Gasteiger partial charge in [-0.2, -0.15) is 0 Å². The lowest BCUT2D eigenvalue weighted by molar-refractivity contribution is -0.152. The lowest BCUT2D eigenvalue weighted by atomic mass is 10.1. The molecular formula is C20H14Br4O3. The van der Waals surface area contributed by atoms with Crippen molar-refractivity contribution < 1.29 is 14.2 Å². The summed E-state index contributed by atoms with van der Waals surface area (Å²) in [6.07, 6.45) is 3.09. The van der Waals surface area contributed by atoms with E-state index >= 15 is 0 Å². The zero-order chi connectivity index (χ0) is 19.3. The van der Waals surface area contributed by atoms with E-state index < -0.39 is 12.6 Å². The Kier molecular flexibility index (Phi) is 5.60. The Balaban J connectivity index is 1.60. The molecule has 2 atom stereocenters. The molecule has 0 N–H and O–H groups in total. The second-order valence-electron chi connectivity index (χ2n) is 6.42. The SMILES string of the molecule is CC1=Cc2cc(Br)cc(Br)c2OC1OC1Oc2c(Br)cc(Br)cc2C=C1C. The first-order chi connectivity index (χ1) is 12.8. The maximum Gasteiger partial charge on any atom is 0.226 e. The summed E-state index contributed by atoms with van der Waals surface area (Å²) in [6.45, 7) is 3.98. The van der Waals surface area contributed by atoms with E-state index in [0.717, 1.165) is 51.7 Å². The highest BCUT2D eigenvalue weighted by Gasteiger charge is 2.30. The van der Waals surface area contributed by atoms with Crippen LogP contribution in [-0.4, -0.2) is 12.6 Å². The van der Waals surface area contributed by atoms with Crippen LogP contribution in [0.2, 0.25) is 0 Å². The minimum atomic E-state index is -0.529. The molecule has 2 aliphatic heterocycles. The molecule has 0 aliphatic carbocycles. The van der Waals surface area contributed by atoms with Crippen LogP contribution >= 0.6 is 63.7 Å². The fraction of sp³-hybridized carbons (Fsp3) is 0.200. The van der Waals surface area contributed by atoms with E-state index in [4.69, 9.17) is 14.2 Å². The molecule has 0 radical (unpaired) electrons. The Morgan fingerprint density at radius 2 is 1.11 bits per heavy atom. The molecular weight excluding hydrogens is 608 g/mol. The van der Waals surface area contributed by atoms with E-state index in [-0.39, 0.29) is 0 Å². The van der Waals surface area contributed by atoms with Crippen molar-refractivity contribution in [2.45, 2.75) is 26.4 Å². The molecule has 27 heavy (non-hydrogen) atoms. The molecule has 0 saturated heterocycles. The fourth-order valence-corrected chi connectivity index (χ4v) is 5.74. The van der Waals surface area contributed by atoms with Crippen LogP contribution in [0.1, 0.15) is 25.0 Å². The van der Waals surface area contributed by atoms with Crippen LogP contribution < -0.4 is 9.47 Å². The second-order valence-corrected chi connectivity index (χ2v) is 9.96. The zero-order valence-electron chi connectivity index (χ0n) is 14.4. The lowest BCUT2D eigenvalue weighted by Crippen LogP contribution is -2.35. The van der Waals surface area contributed by atoms with Gasteiger partial charge in [0.05, 0.1) is 8.95 Å². The smallest absolute Gasteiger partial charge is 0.226 e. The van der Waals surface area contributed by atoms with Gasteiger partial charge in [0.1, 0.15) is 11.5 Å². The molecule has 3 nitrogen and oxygen atoms in total. The monoisotopic (exact) mass is 618 g/mol. The summed E-state index contributed by atoms with van der Waals surface area (Å²) in [6, 6.07) is 7.95. The van der Waals surface area contributed by atoms with Gasteiger partial charge in [-0.3, -0.25) is 4.74 Å². The van der Waals surface area contributed by atoms with Crippen LogP contribution in [0.3, 0.4) is 0 Å². The van der Waals surface area contributed by atoms with Crippen molar-refractivity contribution in [3.05, 3.63) is 64.4 Å². The summed E-state index contributed by atoms with van der Waals surface area (Å²) < 4.78 is 22.2. The third kappa shape index (κ3) is 3.94. The molecule has 140 valence electrons. The predicted octanol–water partition coefficient (Wildman–Crippen LogP) is 7.70. The van der Waals surface area contributed by atoms with Crippen LogP contribution in [0.5, 0.6) is 11.5 Å². The van der Waals surface area contributed by atoms with Gasteiger partial charge in [0.2, 0.25) is 12.6 Å². The minimum absolute atomic E-state index is 0.529. The van der Waals surface area contributed by atoms with Gasteiger partial charge >= 0.3 is 0 Å². The lowest BCUT2D eigenvalue weighted by Gasteiger charge is -2.32. The average Bonchev–Trinajstić information content (AvgIpc) is 2.57. The van der Waals surface area contributed by atoms with Crippen molar-refractivity contribution in [2.75, 3.05) is 0 Å². The molecule has 0 bridgehead atoms. The summed E-state index contributed by atoms with van der Waals surface area (Å²) in [5, 5.41) is 0. The van der Waals surface area contributed by atoms with Gasteiger partial charge in [-0.1, -0.05) is 31.9 Å². The molecule has 0 fully saturated rings. The molecule has 0 saturated carbocycles. The van der Waals surface area contributed by atoms with Crippen molar-refractivity contribution in [1.82, 2.24) is 0 Å². The molecule has 7 heteroatoms. The molecule has 2 aliphatic rings. The van der Waals surface area contributed by atoms with E-state index in [1.807, 2.05) is 38.1 Å². The summed E-state index contributed by atoms with van der Waals surface area (Å²) in [4.78, 5) is 0. The van der Waals surface area contributed by atoms with Crippen LogP contribution in [-0.2, 0) is 4.74 Å². The number of rotatable bonds is 2. The topological polar surface area (TPSA) is 27.7 Å². The molecule has 2 aromatic rings.